The Hall–Kier alpha value is -3.65. The number of carbonyl (C=O) groups excluding carboxylic acids is 3. The molecule has 2 aromatic rings. The van der Waals surface area contributed by atoms with Crippen LogP contribution in [0.25, 0.3) is 0 Å². The maximum Gasteiger partial charge on any atom is 0.416 e. The van der Waals surface area contributed by atoms with E-state index in [-0.39, 0.29) is 35.9 Å². The Morgan fingerprint density at radius 2 is 1.42 bits per heavy atom. The molecule has 3 amide bonds. The molecule has 0 unspecified atom stereocenters. The van der Waals surface area contributed by atoms with E-state index in [9.17, 15) is 40.7 Å². The first-order valence-corrected chi connectivity index (χ1v) is 18.1. The lowest BCUT2D eigenvalue weighted by Crippen LogP contribution is -2.54. The predicted octanol–water partition coefficient (Wildman–Crippen LogP) is 5.96. The van der Waals surface area contributed by atoms with E-state index >= 15 is 0 Å². The van der Waals surface area contributed by atoms with E-state index in [1.807, 2.05) is 30.3 Å². The fourth-order valence-corrected chi connectivity index (χ4v) is 9.02. The molecule has 4 aliphatic carbocycles. The Balaban J connectivity index is 1.36. The summed E-state index contributed by atoms with van der Waals surface area (Å²) in [7, 11) is 0. The molecule has 286 valence electrons. The number of carbonyl (C=O) groups is 3. The van der Waals surface area contributed by atoms with Crippen LogP contribution in [0.3, 0.4) is 0 Å². The van der Waals surface area contributed by atoms with Gasteiger partial charge in [-0.15, -0.1) is 0 Å². The van der Waals surface area contributed by atoms with Crippen molar-refractivity contribution in [1.82, 2.24) is 15.5 Å². The summed E-state index contributed by atoms with van der Waals surface area (Å²) < 4.78 is 80.7. The molecule has 2 atom stereocenters. The molecule has 52 heavy (non-hydrogen) atoms. The van der Waals surface area contributed by atoms with Crippen molar-refractivity contribution >= 4 is 17.7 Å². The molecule has 4 aliphatic rings. The molecule has 6 N–H and O–H groups in total. The van der Waals surface area contributed by atoms with E-state index in [1.54, 1.807) is 0 Å². The van der Waals surface area contributed by atoms with Crippen LogP contribution in [0.4, 0.5) is 26.3 Å². The number of halogens is 6. The van der Waals surface area contributed by atoms with Crippen LogP contribution in [0.5, 0.6) is 0 Å². The molecule has 6 rings (SSSR count). The summed E-state index contributed by atoms with van der Waals surface area (Å²) in [6.45, 7) is -0.716. The van der Waals surface area contributed by atoms with E-state index in [0.717, 1.165) is 24.8 Å². The molecule has 0 spiro atoms. The van der Waals surface area contributed by atoms with Gasteiger partial charge < -0.3 is 27.0 Å². The number of amides is 3. The van der Waals surface area contributed by atoms with Gasteiger partial charge in [0.15, 0.2) is 0 Å². The van der Waals surface area contributed by atoms with Gasteiger partial charge in [0, 0.05) is 19.5 Å². The second kappa shape index (κ2) is 16.6. The molecular weight excluding hydrogens is 688 g/mol. The molecule has 8 nitrogen and oxygen atoms in total. The average Bonchev–Trinajstić information content (AvgIpc) is 3.05. The minimum Gasteiger partial charge on any atom is -0.350 e. The van der Waals surface area contributed by atoms with Crippen LogP contribution in [-0.2, 0) is 39.7 Å². The van der Waals surface area contributed by atoms with Crippen molar-refractivity contribution in [3.8, 4) is 0 Å². The molecule has 0 aromatic heterocycles. The monoisotopic (exact) mass is 737 g/mol. The molecule has 4 bridgehead atoms. The van der Waals surface area contributed by atoms with E-state index in [4.69, 9.17) is 11.5 Å². The Morgan fingerprint density at radius 3 is 1.96 bits per heavy atom. The third-order valence-electron chi connectivity index (χ3n) is 10.9. The molecule has 4 fully saturated rings. The Kier molecular flexibility index (Phi) is 12.6. The highest BCUT2D eigenvalue weighted by molar-refractivity contribution is 5.85. The number of alkyl halides is 6. The number of unbranched alkanes of at least 4 members (excludes halogenated alkanes) is 1. The van der Waals surface area contributed by atoms with Gasteiger partial charge in [0.2, 0.25) is 17.7 Å². The summed E-state index contributed by atoms with van der Waals surface area (Å²) in [5.74, 6) is 0.242. The third kappa shape index (κ3) is 10.7. The summed E-state index contributed by atoms with van der Waals surface area (Å²) in [6, 6.07) is 8.96. The first kappa shape index (κ1) is 39.6. The first-order valence-electron chi connectivity index (χ1n) is 18.1. The SMILES string of the molecule is NCCCC[C@H](N)C(=O)N[C@@H](Cc1ccccc1)CN(CC(=O)NCc1cc(C(F)(F)F)cc(C(F)(F)F)c1)C(=O)CC12CC3CC(CC(C3)C1)C2. The van der Waals surface area contributed by atoms with Crippen molar-refractivity contribution in [2.24, 2.45) is 34.6 Å². The first-order chi connectivity index (χ1) is 24.5. The molecule has 0 heterocycles. The zero-order valence-electron chi connectivity index (χ0n) is 29.2. The largest absolute Gasteiger partial charge is 0.416 e. The highest BCUT2D eigenvalue weighted by atomic mass is 19.4. The smallest absolute Gasteiger partial charge is 0.350 e. The standard InChI is InChI=1S/C38H49F6N5O3/c39-37(40,41)29-13-28(14-30(16-29)38(42,43)44)21-47-33(50)23-49(34(51)20-36-17-25-10-26(18-36)12-27(11-25)19-36)22-31(15-24-6-2-1-3-7-24)48-35(52)32(46)8-4-5-9-45/h1-3,6-7,13-14,16,25-27,31-32H,4-5,8-12,15,17-23,45-46H2,(H,47,50)(H,48,52)/t25?,26?,27?,31-,32-,36?/m0/s1. The average molecular weight is 738 g/mol. The minimum atomic E-state index is -5.04. The van der Waals surface area contributed by atoms with Crippen LogP contribution in [0.15, 0.2) is 48.5 Å². The lowest BCUT2D eigenvalue weighted by molar-refractivity contribution is -0.144. The van der Waals surface area contributed by atoms with Crippen molar-refractivity contribution in [2.75, 3.05) is 19.6 Å². The quantitative estimate of drug-likeness (QED) is 0.125. The van der Waals surface area contributed by atoms with Crippen LogP contribution in [0.1, 0.15) is 86.5 Å². The number of nitrogens with two attached hydrogens (primary N) is 2. The topological polar surface area (TPSA) is 131 Å². The Labute approximate surface area is 300 Å². The van der Waals surface area contributed by atoms with Crippen LogP contribution in [-0.4, -0.2) is 54.3 Å². The lowest BCUT2D eigenvalue weighted by Gasteiger charge is -2.57. The van der Waals surface area contributed by atoms with Gasteiger partial charge in [-0.1, -0.05) is 36.8 Å². The van der Waals surface area contributed by atoms with Crippen molar-refractivity contribution in [3.05, 3.63) is 70.8 Å². The molecule has 2 aromatic carbocycles. The molecule has 0 radical (unpaired) electrons. The van der Waals surface area contributed by atoms with Gasteiger partial charge in [0.05, 0.1) is 29.8 Å². The van der Waals surface area contributed by atoms with Gasteiger partial charge in [0.1, 0.15) is 0 Å². The van der Waals surface area contributed by atoms with Gasteiger partial charge >= 0.3 is 12.4 Å². The van der Waals surface area contributed by atoms with Gasteiger partial charge in [-0.2, -0.15) is 26.3 Å². The Bertz CT molecular complexity index is 1480. The van der Waals surface area contributed by atoms with E-state index < -0.39 is 60.5 Å². The summed E-state index contributed by atoms with van der Waals surface area (Å²) in [5.41, 5.74) is 9.11. The molecule has 0 aliphatic heterocycles. The van der Waals surface area contributed by atoms with Crippen LogP contribution >= 0.6 is 0 Å². The van der Waals surface area contributed by atoms with Crippen LogP contribution in [0, 0.1) is 23.2 Å². The van der Waals surface area contributed by atoms with E-state index in [1.165, 1.54) is 24.2 Å². The van der Waals surface area contributed by atoms with Crippen molar-refractivity contribution < 1.29 is 40.7 Å². The van der Waals surface area contributed by atoms with Crippen molar-refractivity contribution in [3.63, 3.8) is 0 Å². The maximum atomic E-state index is 14.3. The predicted molar refractivity (Wildman–Crippen MR) is 183 cm³/mol. The van der Waals surface area contributed by atoms with Gasteiger partial charge in [-0.05, 0) is 117 Å². The molecule has 4 saturated carbocycles. The molecule has 0 saturated heterocycles. The number of hydrogen-bond donors (Lipinski definition) is 4. The Morgan fingerprint density at radius 1 is 0.846 bits per heavy atom. The molecular formula is C38H49F6N5O3. The van der Waals surface area contributed by atoms with Gasteiger partial charge in [0.25, 0.3) is 0 Å². The van der Waals surface area contributed by atoms with Crippen LogP contribution in [0.2, 0.25) is 0 Å². The second-order valence-corrected chi connectivity index (χ2v) is 15.3. The summed E-state index contributed by atoms with van der Waals surface area (Å²) in [5, 5.41) is 5.40. The fraction of sp³-hybridized carbons (Fsp3) is 0.605. The van der Waals surface area contributed by atoms with Crippen LogP contribution < -0.4 is 22.1 Å². The summed E-state index contributed by atoms with van der Waals surface area (Å²) in [4.78, 5) is 42.3. The zero-order valence-corrected chi connectivity index (χ0v) is 29.2. The van der Waals surface area contributed by atoms with Gasteiger partial charge in [-0.25, -0.2) is 0 Å². The second-order valence-electron chi connectivity index (χ2n) is 15.3. The minimum absolute atomic E-state index is 0.0292. The van der Waals surface area contributed by atoms with Crippen molar-refractivity contribution in [2.45, 2.75) is 102 Å². The lowest BCUT2D eigenvalue weighted by atomic mass is 9.49. The third-order valence-corrected chi connectivity index (χ3v) is 10.9. The number of hydrogen-bond acceptors (Lipinski definition) is 5. The normalized spacial score (nSPS) is 23.6. The maximum absolute atomic E-state index is 14.3. The van der Waals surface area contributed by atoms with E-state index in [2.05, 4.69) is 10.6 Å². The highest BCUT2D eigenvalue weighted by Crippen LogP contribution is 2.61. The zero-order chi connectivity index (χ0) is 37.7. The fourth-order valence-electron chi connectivity index (χ4n) is 9.02. The number of nitrogens with one attached hydrogen (secondary N) is 2. The summed E-state index contributed by atoms with van der Waals surface area (Å²) in [6.07, 6.45) is -1.47. The number of rotatable bonds is 16. The number of benzene rings is 2. The van der Waals surface area contributed by atoms with E-state index in [0.29, 0.717) is 62.1 Å². The molecule has 14 heteroatoms. The highest BCUT2D eigenvalue weighted by Gasteiger charge is 2.52. The van der Waals surface area contributed by atoms with Gasteiger partial charge in [-0.3, -0.25) is 14.4 Å². The summed E-state index contributed by atoms with van der Waals surface area (Å²) >= 11 is 0. The number of nitrogens with zero attached hydrogens (tertiary/aromatic N) is 1. The van der Waals surface area contributed by atoms with Crippen molar-refractivity contribution in [1.29, 1.82) is 0 Å².